The summed E-state index contributed by atoms with van der Waals surface area (Å²) in [6, 6.07) is 0.464. The minimum atomic E-state index is 0.0327. The van der Waals surface area contributed by atoms with Gasteiger partial charge in [-0.2, -0.15) is 0 Å². The average molecular weight is 254 g/mol. The number of hydrogen-bond donors (Lipinski definition) is 1. The number of nitrogens with two attached hydrogens (primary N) is 1. The number of likely N-dealkylation sites (tertiary alicyclic amines) is 1. The molecule has 1 saturated heterocycles. The van der Waals surface area contributed by atoms with E-state index in [0.29, 0.717) is 18.3 Å². The zero-order valence-electron chi connectivity index (χ0n) is 10.2. The van der Waals surface area contributed by atoms with Crippen LogP contribution < -0.4 is 5.73 Å². The highest BCUT2D eigenvalue weighted by molar-refractivity contribution is 7.09. The maximum absolute atomic E-state index is 12.2. The normalized spacial score (nSPS) is 20.2. The molecule has 1 aliphatic heterocycles. The van der Waals surface area contributed by atoms with Crippen LogP contribution in [0.3, 0.4) is 0 Å². The van der Waals surface area contributed by atoms with Gasteiger partial charge in [0.2, 0.25) is 0 Å². The van der Waals surface area contributed by atoms with Gasteiger partial charge in [-0.25, -0.2) is 4.98 Å². The maximum atomic E-state index is 12.2. The molecule has 2 rings (SSSR count). The summed E-state index contributed by atoms with van der Waals surface area (Å²) < 4.78 is 0. The van der Waals surface area contributed by atoms with Crippen LogP contribution in [0.2, 0.25) is 0 Å². The van der Waals surface area contributed by atoms with Gasteiger partial charge in [0.25, 0.3) is 5.91 Å². The van der Waals surface area contributed by atoms with Gasteiger partial charge in [-0.3, -0.25) is 4.79 Å². The van der Waals surface area contributed by atoms with Crippen molar-refractivity contribution in [3.63, 3.8) is 0 Å². The van der Waals surface area contributed by atoms with Gasteiger partial charge in [-0.05, 0) is 20.5 Å². The van der Waals surface area contributed by atoms with E-state index in [1.807, 2.05) is 19.0 Å². The predicted molar refractivity (Wildman–Crippen MR) is 68.0 cm³/mol. The van der Waals surface area contributed by atoms with Crippen molar-refractivity contribution in [1.82, 2.24) is 14.8 Å². The van der Waals surface area contributed by atoms with Gasteiger partial charge in [-0.15, -0.1) is 11.3 Å². The van der Waals surface area contributed by atoms with Crippen molar-refractivity contribution in [3.05, 3.63) is 16.1 Å². The number of aromatic nitrogens is 1. The lowest BCUT2D eigenvalue weighted by Gasteiger charge is -2.19. The van der Waals surface area contributed by atoms with Crippen molar-refractivity contribution in [1.29, 1.82) is 0 Å². The fourth-order valence-corrected chi connectivity index (χ4v) is 2.66. The standard InChI is InChI=1S/C11H18N4OS/c1-14(2)8-3-4-15(6-8)11(16)9-7-17-10(5-12)13-9/h7-8H,3-6,12H2,1-2H3. The van der Waals surface area contributed by atoms with E-state index in [9.17, 15) is 4.79 Å². The van der Waals surface area contributed by atoms with Gasteiger partial charge in [0.1, 0.15) is 10.7 Å². The van der Waals surface area contributed by atoms with Gasteiger partial charge in [0, 0.05) is 31.1 Å². The summed E-state index contributed by atoms with van der Waals surface area (Å²) in [6.45, 7) is 2.01. The lowest BCUT2D eigenvalue weighted by atomic mass is 10.2. The van der Waals surface area contributed by atoms with Crippen LogP contribution >= 0.6 is 11.3 Å². The summed E-state index contributed by atoms with van der Waals surface area (Å²) in [5.41, 5.74) is 6.03. The average Bonchev–Trinajstić information content (AvgIpc) is 2.97. The zero-order valence-corrected chi connectivity index (χ0v) is 11.0. The van der Waals surface area contributed by atoms with Gasteiger partial charge in [-0.1, -0.05) is 0 Å². The van der Waals surface area contributed by atoms with Crippen LogP contribution in [-0.4, -0.2) is 53.9 Å². The zero-order chi connectivity index (χ0) is 12.4. The number of amides is 1. The number of rotatable bonds is 3. The molecule has 1 aliphatic rings. The fraction of sp³-hybridized carbons (Fsp3) is 0.636. The van der Waals surface area contributed by atoms with E-state index in [2.05, 4.69) is 9.88 Å². The van der Waals surface area contributed by atoms with Crippen molar-refractivity contribution in [2.75, 3.05) is 27.2 Å². The molecule has 94 valence electrons. The number of hydrogen-bond acceptors (Lipinski definition) is 5. The predicted octanol–water partition coefficient (Wildman–Crippen LogP) is 0.378. The highest BCUT2D eigenvalue weighted by Gasteiger charge is 2.28. The Hall–Kier alpha value is -0.980. The molecule has 0 aliphatic carbocycles. The van der Waals surface area contributed by atoms with Crippen LogP contribution in [0.5, 0.6) is 0 Å². The molecule has 1 atom stereocenters. The van der Waals surface area contributed by atoms with E-state index >= 15 is 0 Å². The lowest BCUT2D eigenvalue weighted by molar-refractivity contribution is 0.0778. The second-order valence-electron chi connectivity index (χ2n) is 4.49. The highest BCUT2D eigenvalue weighted by atomic mass is 32.1. The van der Waals surface area contributed by atoms with Crippen LogP contribution in [0.4, 0.5) is 0 Å². The fourth-order valence-electron chi connectivity index (χ4n) is 2.01. The number of thiazole rings is 1. The van der Waals surface area contributed by atoms with E-state index in [4.69, 9.17) is 5.73 Å². The third-order valence-electron chi connectivity index (χ3n) is 3.13. The SMILES string of the molecule is CN(C)C1CCN(C(=O)c2csc(CN)n2)C1. The summed E-state index contributed by atoms with van der Waals surface area (Å²) in [4.78, 5) is 20.4. The molecule has 1 fully saturated rings. The van der Waals surface area contributed by atoms with Crippen LogP contribution in [-0.2, 0) is 6.54 Å². The molecule has 1 amide bonds. The molecule has 0 bridgehead atoms. The van der Waals surface area contributed by atoms with Crippen LogP contribution in [0, 0.1) is 0 Å². The Morgan fingerprint density at radius 2 is 2.47 bits per heavy atom. The third-order valence-corrected chi connectivity index (χ3v) is 4.00. The maximum Gasteiger partial charge on any atom is 0.273 e. The molecule has 0 spiro atoms. The summed E-state index contributed by atoms with van der Waals surface area (Å²) in [7, 11) is 4.10. The van der Waals surface area contributed by atoms with E-state index in [1.165, 1.54) is 11.3 Å². The monoisotopic (exact) mass is 254 g/mol. The Kier molecular flexibility index (Phi) is 3.76. The van der Waals surface area contributed by atoms with Crippen molar-refractivity contribution in [2.45, 2.75) is 19.0 Å². The minimum Gasteiger partial charge on any atom is -0.336 e. The van der Waals surface area contributed by atoms with Crippen LogP contribution in [0.1, 0.15) is 21.9 Å². The van der Waals surface area contributed by atoms with Gasteiger partial charge in [0.05, 0.1) is 0 Å². The first kappa shape index (κ1) is 12.5. The van der Waals surface area contributed by atoms with Crippen molar-refractivity contribution in [3.8, 4) is 0 Å². The number of likely N-dealkylation sites (N-methyl/N-ethyl adjacent to an activating group) is 1. The second-order valence-corrected chi connectivity index (χ2v) is 5.43. The molecule has 1 aromatic heterocycles. The number of nitrogens with zero attached hydrogens (tertiary/aromatic N) is 3. The summed E-state index contributed by atoms with van der Waals surface area (Å²) >= 11 is 1.45. The van der Waals surface area contributed by atoms with E-state index in [-0.39, 0.29) is 5.91 Å². The third kappa shape index (κ3) is 2.65. The molecule has 17 heavy (non-hydrogen) atoms. The van der Waals surface area contributed by atoms with Gasteiger partial charge in [0.15, 0.2) is 0 Å². The number of carbonyl (C=O) groups is 1. The Morgan fingerprint density at radius 3 is 3.00 bits per heavy atom. The topological polar surface area (TPSA) is 62.5 Å². The Labute approximate surface area is 105 Å². The first-order valence-electron chi connectivity index (χ1n) is 5.72. The molecular weight excluding hydrogens is 236 g/mol. The van der Waals surface area contributed by atoms with Crippen molar-refractivity contribution < 1.29 is 4.79 Å². The molecule has 6 heteroatoms. The molecule has 1 unspecified atom stereocenters. The largest absolute Gasteiger partial charge is 0.336 e. The second kappa shape index (κ2) is 5.12. The van der Waals surface area contributed by atoms with Gasteiger partial charge < -0.3 is 15.5 Å². The van der Waals surface area contributed by atoms with Gasteiger partial charge >= 0.3 is 0 Å². The molecule has 2 N–H and O–H groups in total. The summed E-state index contributed by atoms with van der Waals surface area (Å²) in [5.74, 6) is 0.0327. The van der Waals surface area contributed by atoms with Crippen molar-refractivity contribution in [2.24, 2.45) is 5.73 Å². The lowest BCUT2D eigenvalue weighted by Crippen LogP contribution is -2.34. The number of carbonyl (C=O) groups excluding carboxylic acids is 1. The van der Waals surface area contributed by atoms with E-state index in [1.54, 1.807) is 5.38 Å². The molecule has 2 heterocycles. The molecule has 0 radical (unpaired) electrons. The highest BCUT2D eigenvalue weighted by Crippen LogP contribution is 2.17. The smallest absolute Gasteiger partial charge is 0.273 e. The van der Waals surface area contributed by atoms with Crippen molar-refractivity contribution >= 4 is 17.2 Å². The van der Waals surface area contributed by atoms with Crippen LogP contribution in [0.15, 0.2) is 5.38 Å². The first-order chi connectivity index (χ1) is 8.11. The molecule has 1 aromatic rings. The molecular formula is C11H18N4OS. The molecule has 0 saturated carbocycles. The Bertz CT molecular complexity index is 404. The summed E-state index contributed by atoms with van der Waals surface area (Å²) in [5, 5.41) is 2.62. The molecule has 5 nitrogen and oxygen atoms in total. The Balaban J connectivity index is 2.01. The first-order valence-corrected chi connectivity index (χ1v) is 6.60. The molecule has 0 aromatic carbocycles. The summed E-state index contributed by atoms with van der Waals surface area (Å²) in [6.07, 6.45) is 1.03. The van der Waals surface area contributed by atoms with Crippen LogP contribution in [0.25, 0.3) is 0 Å². The van der Waals surface area contributed by atoms with E-state index in [0.717, 1.165) is 24.5 Å². The Morgan fingerprint density at radius 1 is 1.71 bits per heavy atom. The quantitative estimate of drug-likeness (QED) is 0.847. The minimum absolute atomic E-state index is 0.0327. The van der Waals surface area contributed by atoms with E-state index < -0.39 is 0 Å².